The van der Waals surface area contributed by atoms with Crippen molar-refractivity contribution in [2.45, 2.75) is 0 Å². The fraction of sp³-hybridized carbons (Fsp3) is 0.200. The number of phenols is 2. The molecule has 0 fully saturated rings. The first-order valence-corrected chi connectivity index (χ1v) is 5.93. The van der Waals surface area contributed by atoms with Gasteiger partial charge in [-0.1, -0.05) is 12.1 Å². The van der Waals surface area contributed by atoms with Gasteiger partial charge in [0.1, 0.15) is 5.75 Å². The van der Waals surface area contributed by atoms with E-state index in [4.69, 9.17) is 14.2 Å². The van der Waals surface area contributed by atoms with Crippen molar-refractivity contribution in [1.82, 2.24) is 0 Å². The quantitative estimate of drug-likeness (QED) is 0.898. The highest BCUT2D eigenvalue weighted by atomic mass is 16.5. The first-order valence-electron chi connectivity index (χ1n) is 5.93. The molecule has 2 N–H and O–H groups in total. The molecule has 0 aliphatic carbocycles. The van der Waals surface area contributed by atoms with Gasteiger partial charge in [0.2, 0.25) is 11.5 Å². The third kappa shape index (κ3) is 2.30. The van der Waals surface area contributed by atoms with Crippen LogP contribution < -0.4 is 14.2 Å². The van der Waals surface area contributed by atoms with E-state index in [-0.39, 0.29) is 23.0 Å². The van der Waals surface area contributed by atoms with E-state index in [0.29, 0.717) is 11.3 Å². The van der Waals surface area contributed by atoms with Gasteiger partial charge in [-0.2, -0.15) is 0 Å². The van der Waals surface area contributed by atoms with Gasteiger partial charge < -0.3 is 24.4 Å². The van der Waals surface area contributed by atoms with Crippen LogP contribution in [0.5, 0.6) is 28.7 Å². The Bertz CT molecular complexity index is 605. The average Bonchev–Trinajstić information content (AvgIpc) is 2.48. The summed E-state index contributed by atoms with van der Waals surface area (Å²) < 4.78 is 15.2. The molecule has 0 aliphatic heterocycles. The van der Waals surface area contributed by atoms with Crippen LogP contribution in [0.25, 0.3) is 11.1 Å². The van der Waals surface area contributed by atoms with Crippen molar-refractivity contribution >= 4 is 0 Å². The Hall–Kier alpha value is -2.56. The van der Waals surface area contributed by atoms with Crippen molar-refractivity contribution in [3.8, 4) is 39.9 Å². The number of rotatable bonds is 4. The van der Waals surface area contributed by atoms with Crippen molar-refractivity contribution in [3.63, 3.8) is 0 Å². The van der Waals surface area contributed by atoms with Crippen molar-refractivity contribution < 1.29 is 24.4 Å². The van der Waals surface area contributed by atoms with E-state index < -0.39 is 0 Å². The van der Waals surface area contributed by atoms with E-state index in [1.165, 1.54) is 14.2 Å². The summed E-state index contributed by atoms with van der Waals surface area (Å²) in [5.41, 5.74) is 1.25. The highest BCUT2D eigenvalue weighted by Crippen LogP contribution is 2.48. The molecule has 2 rings (SSSR count). The van der Waals surface area contributed by atoms with E-state index in [0.717, 1.165) is 5.56 Å². The monoisotopic (exact) mass is 276 g/mol. The molecule has 5 heteroatoms. The minimum absolute atomic E-state index is 0.0184. The van der Waals surface area contributed by atoms with Gasteiger partial charge in [-0.25, -0.2) is 0 Å². The van der Waals surface area contributed by atoms with Gasteiger partial charge >= 0.3 is 0 Å². The third-order valence-electron chi connectivity index (χ3n) is 3.02. The number of aromatic hydroxyl groups is 2. The van der Waals surface area contributed by atoms with Crippen molar-refractivity contribution in [3.05, 3.63) is 30.3 Å². The number of phenolic OH excluding ortho intramolecular Hbond substituents is 2. The number of benzene rings is 2. The zero-order chi connectivity index (χ0) is 14.7. The molecule has 106 valence electrons. The maximum absolute atomic E-state index is 10.2. The summed E-state index contributed by atoms with van der Waals surface area (Å²) in [4.78, 5) is 0. The minimum Gasteiger partial charge on any atom is -0.504 e. The maximum Gasteiger partial charge on any atom is 0.207 e. The summed E-state index contributed by atoms with van der Waals surface area (Å²) in [5.74, 6) is 0.548. The third-order valence-corrected chi connectivity index (χ3v) is 3.02. The molecule has 0 heterocycles. The Labute approximate surface area is 117 Å². The molecule has 0 aliphatic rings. The SMILES string of the molecule is COc1ccc(-c2cc(OC)c(O)c(OC)c2O)cc1. The molecular weight excluding hydrogens is 260 g/mol. The second-order valence-electron chi connectivity index (χ2n) is 4.09. The predicted molar refractivity (Wildman–Crippen MR) is 74.9 cm³/mol. The molecular formula is C15H16O5. The summed E-state index contributed by atoms with van der Waals surface area (Å²) >= 11 is 0. The van der Waals surface area contributed by atoms with Crippen LogP contribution in [0.1, 0.15) is 0 Å². The average molecular weight is 276 g/mol. The molecule has 0 spiro atoms. The van der Waals surface area contributed by atoms with Crippen LogP contribution in [-0.2, 0) is 0 Å². The topological polar surface area (TPSA) is 68.2 Å². The molecule has 0 saturated carbocycles. The summed E-state index contributed by atoms with van der Waals surface area (Å²) in [6.07, 6.45) is 0. The van der Waals surface area contributed by atoms with Crippen LogP contribution in [-0.4, -0.2) is 31.5 Å². The molecule has 2 aromatic carbocycles. The minimum atomic E-state index is -0.232. The second kappa shape index (κ2) is 5.61. The van der Waals surface area contributed by atoms with Gasteiger partial charge in [-0.3, -0.25) is 0 Å². The van der Waals surface area contributed by atoms with Gasteiger partial charge in [0.05, 0.1) is 21.3 Å². The zero-order valence-electron chi connectivity index (χ0n) is 11.5. The van der Waals surface area contributed by atoms with Crippen LogP contribution in [0.2, 0.25) is 0 Å². The molecule has 5 nitrogen and oxygen atoms in total. The van der Waals surface area contributed by atoms with E-state index in [1.54, 1.807) is 37.4 Å². The van der Waals surface area contributed by atoms with E-state index in [2.05, 4.69) is 0 Å². The van der Waals surface area contributed by atoms with Crippen LogP contribution >= 0.6 is 0 Å². The number of methoxy groups -OCH3 is 3. The standard InChI is InChI=1S/C15H16O5/c1-18-10-6-4-9(5-7-10)11-8-12(19-2)14(17)15(20-3)13(11)16/h4-8,16-17H,1-3H3. The number of ether oxygens (including phenoxy) is 3. The predicted octanol–water partition coefficient (Wildman–Crippen LogP) is 2.79. The van der Waals surface area contributed by atoms with Crippen molar-refractivity contribution in [1.29, 1.82) is 0 Å². The van der Waals surface area contributed by atoms with Crippen LogP contribution in [0.4, 0.5) is 0 Å². The molecule has 0 amide bonds. The fourth-order valence-electron chi connectivity index (χ4n) is 1.95. The summed E-state index contributed by atoms with van der Waals surface area (Å²) in [7, 11) is 4.38. The van der Waals surface area contributed by atoms with Crippen LogP contribution in [0, 0.1) is 0 Å². The van der Waals surface area contributed by atoms with Crippen molar-refractivity contribution in [2.24, 2.45) is 0 Å². The highest BCUT2D eigenvalue weighted by molar-refractivity contribution is 5.78. The first-order chi connectivity index (χ1) is 9.62. The smallest absolute Gasteiger partial charge is 0.207 e. The number of hydrogen-bond acceptors (Lipinski definition) is 5. The summed E-state index contributed by atoms with van der Waals surface area (Å²) in [6, 6.07) is 8.70. The lowest BCUT2D eigenvalue weighted by atomic mass is 10.0. The second-order valence-corrected chi connectivity index (χ2v) is 4.09. The molecule has 0 atom stereocenters. The Balaban J connectivity index is 2.60. The van der Waals surface area contributed by atoms with Gasteiger partial charge in [0.25, 0.3) is 0 Å². The molecule has 0 unspecified atom stereocenters. The van der Waals surface area contributed by atoms with E-state index >= 15 is 0 Å². The van der Waals surface area contributed by atoms with E-state index in [1.807, 2.05) is 0 Å². The lowest BCUT2D eigenvalue weighted by molar-refractivity contribution is 0.323. The molecule has 0 aromatic heterocycles. The lowest BCUT2D eigenvalue weighted by Crippen LogP contribution is -1.92. The van der Waals surface area contributed by atoms with Gasteiger partial charge in [0, 0.05) is 5.56 Å². The fourth-order valence-corrected chi connectivity index (χ4v) is 1.95. The van der Waals surface area contributed by atoms with Gasteiger partial charge in [-0.05, 0) is 23.8 Å². The van der Waals surface area contributed by atoms with Crippen molar-refractivity contribution in [2.75, 3.05) is 21.3 Å². The van der Waals surface area contributed by atoms with E-state index in [9.17, 15) is 10.2 Å². The summed E-state index contributed by atoms with van der Waals surface area (Å²) in [5, 5.41) is 20.1. The molecule has 20 heavy (non-hydrogen) atoms. The highest BCUT2D eigenvalue weighted by Gasteiger charge is 2.19. The Morgan fingerprint density at radius 2 is 1.45 bits per heavy atom. The molecule has 2 aromatic rings. The van der Waals surface area contributed by atoms with Crippen LogP contribution in [0.15, 0.2) is 30.3 Å². The Morgan fingerprint density at radius 3 is 1.95 bits per heavy atom. The zero-order valence-corrected chi connectivity index (χ0v) is 11.5. The molecule has 0 saturated heterocycles. The van der Waals surface area contributed by atoms with Gasteiger partial charge in [-0.15, -0.1) is 0 Å². The van der Waals surface area contributed by atoms with Gasteiger partial charge in [0.15, 0.2) is 11.5 Å². The largest absolute Gasteiger partial charge is 0.504 e. The normalized spacial score (nSPS) is 10.2. The number of hydrogen-bond donors (Lipinski definition) is 2. The lowest BCUT2D eigenvalue weighted by Gasteiger charge is -2.14. The summed E-state index contributed by atoms with van der Waals surface area (Å²) in [6.45, 7) is 0. The Morgan fingerprint density at radius 1 is 0.800 bits per heavy atom. The molecule has 0 bridgehead atoms. The molecule has 0 radical (unpaired) electrons. The first kappa shape index (κ1) is 13.9. The van der Waals surface area contributed by atoms with Crippen LogP contribution in [0.3, 0.4) is 0 Å². The Kier molecular flexibility index (Phi) is 3.89. The maximum atomic E-state index is 10.2.